The van der Waals surface area contributed by atoms with E-state index < -0.39 is 40.0 Å². The van der Waals surface area contributed by atoms with Crippen molar-refractivity contribution in [3.05, 3.63) is 75.6 Å². The van der Waals surface area contributed by atoms with Crippen molar-refractivity contribution in [1.82, 2.24) is 19.5 Å². The van der Waals surface area contributed by atoms with Gasteiger partial charge in [-0.2, -0.15) is 15.2 Å². The second-order valence-electron chi connectivity index (χ2n) is 7.25. The molecule has 2 aromatic heterocycles. The van der Waals surface area contributed by atoms with Gasteiger partial charge >= 0.3 is 0 Å². The van der Waals surface area contributed by atoms with E-state index in [9.17, 15) is 23.2 Å². The number of hydrogen-bond acceptors (Lipinski definition) is 8. The SMILES string of the molecule is CC[C@H](Nc1nc(N)nc(N)c1C#N)c1nc2c(F)ccc(F)c2c(=O)n1-c1cccc(F)c1. The first-order chi connectivity index (χ1) is 16.2. The number of nitrogens with one attached hydrogen (secondary N) is 1. The third-order valence-corrected chi connectivity index (χ3v) is 5.11. The fourth-order valence-electron chi connectivity index (χ4n) is 3.56. The lowest BCUT2D eigenvalue weighted by Gasteiger charge is -2.23. The molecule has 172 valence electrons. The number of halogens is 3. The molecule has 0 spiro atoms. The first-order valence-corrected chi connectivity index (χ1v) is 10.0. The van der Waals surface area contributed by atoms with E-state index in [2.05, 4.69) is 20.3 Å². The standard InChI is InChI=1S/C22H17F3N8O/c1-2-15(29-19-12(9-26)18(27)31-22(28)32-19)20-30-17-14(25)7-6-13(24)16(17)21(34)33(20)11-5-3-4-10(23)8-11/h3-8,15H,2H2,1H3,(H5,27,28,29,31,32)/t15-/m0/s1. The van der Waals surface area contributed by atoms with Gasteiger partial charge in [0.25, 0.3) is 5.56 Å². The van der Waals surface area contributed by atoms with E-state index in [0.29, 0.717) is 0 Å². The summed E-state index contributed by atoms with van der Waals surface area (Å²) in [7, 11) is 0. The highest BCUT2D eigenvalue weighted by Crippen LogP contribution is 2.28. The zero-order valence-electron chi connectivity index (χ0n) is 17.7. The maximum Gasteiger partial charge on any atom is 0.269 e. The van der Waals surface area contributed by atoms with Crippen molar-refractivity contribution in [3.8, 4) is 11.8 Å². The van der Waals surface area contributed by atoms with Crippen LogP contribution >= 0.6 is 0 Å². The van der Waals surface area contributed by atoms with Gasteiger partial charge in [0, 0.05) is 0 Å². The highest BCUT2D eigenvalue weighted by Gasteiger charge is 2.25. The summed E-state index contributed by atoms with van der Waals surface area (Å²) in [5.74, 6) is -3.04. The summed E-state index contributed by atoms with van der Waals surface area (Å²) in [6.45, 7) is 1.71. The Kier molecular flexibility index (Phi) is 5.77. The van der Waals surface area contributed by atoms with Crippen LogP contribution in [-0.2, 0) is 0 Å². The minimum Gasteiger partial charge on any atom is -0.382 e. The molecular weight excluding hydrogens is 449 g/mol. The van der Waals surface area contributed by atoms with Crippen molar-refractivity contribution in [2.75, 3.05) is 16.8 Å². The number of nitrogens with two attached hydrogens (primary N) is 2. The zero-order chi connectivity index (χ0) is 24.6. The molecule has 0 saturated heterocycles. The Bertz CT molecular complexity index is 1530. The van der Waals surface area contributed by atoms with Gasteiger partial charge in [0.1, 0.15) is 51.6 Å². The highest BCUT2D eigenvalue weighted by atomic mass is 19.1. The maximum absolute atomic E-state index is 14.6. The van der Waals surface area contributed by atoms with Gasteiger partial charge in [0.05, 0.1) is 11.7 Å². The molecule has 2 heterocycles. The summed E-state index contributed by atoms with van der Waals surface area (Å²) < 4.78 is 44.2. The summed E-state index contributed by atoms with van der Waals surface area (Å²) in [6.07, 6.45) is 0.235. The smallest absolute Gasteiger partial charge is 0.269 e. The molecule has 9 nitrogen and oxygen atoms in total. The maximum atomic E-state index is 14.6. The van der Waals surface area contributed by atoms with Crippen LogP contribution in [-0.4, -0.2) is 19.5 Å². The Hall–Kier alpha value is -4.66. The molecule has 5 N–H and O–H groups in total. The van der Waals surface area contributed by atoms with Gasteiger partial charge < -0.3 is 16.8 Å². The number of nitriles is 1. The van der Waals surface area contributed by atoms with E-state index in [-0.39, 0.29) is 41.1 Å². The molecule has 0 radical (unpaired) electrons. The number of fused-ring (bicyclic) bond motifs is 1. The zero-order valence-corrected chi connectivity index (χ0v) is 17.7. The highest BCUT2D eigenvalue weighted by molar-refractivity contribution is 5.79. The first-order valence-electron chi connectivity index (χ1n) is 10.0. The van der Waals surface area contributed by atoms with Crippen molar-refractivity contribution in [1.29, 1.82) is 5.26 Å². The molecule has 0 saturated carbocycles. The van der Waals surface area contributed by atoms with Crippen LogP contribution in [0.5, 0.6) is 0 Å². The second-order valence-corrected chi connectivity index (χ2v) is 7.25. The Morgan fingerprint density at radius 3 is 2.53 bits per heavy atom. The molecule has 4 rings (SSSR count). The van der Waals surface area contributed by atoms with Gasteiger partial charge in [-0.25, -0.2) is 18.2 Å². The Balaban J connectivity index is 2.02. The number of benzene rings is 2. The number of nitrogen functional groups attached to an aromatic ring is 2. The van der Waals surface area contributed by atoms with E-state index in [1.165, 1.54) is 18.2 Å². The van der Waals surface area contributed by atoms with Gasteiger partial charge in [-0.15, -0.1) is 0 Å². The number of hydrogen-bond donors (Lipinski definition) is 3. The summed E-state index contributed by atoms with van der Waals surface area (Å²) in [6, 6.07) is 7.67. The molecule has 0 bridgehead atoms. The van der Waals surface area contributed by atoms with Crippen LogP contribution in [0.1, 0.15) is 30.8 Å². The third kappa shape index (κ3) is 3.83. The van der Waals surface area contributed by atoms with Crippen LogP contribution in [0.2, 0.25) is 0 Å². The Labute approximate surface area is 190 Å². The lowest BCUT2D eigenvalue weighted by atomic mass is 10.1. The monoisotopic (exact) mass is 466 g/mol. The van der Waals surface area contributed by atoms with Gasteiger partial charge in [0.2, 0.25) is 5.95 Å². The van der Waals surface area contributed by atoms with Crippen molar-refractivity contribution >= 4 is 28.5 Å². The van der Waals surface area contributed by atoms with Crippen LogP contribution in [0.25, 0.3) is 16.6 Å². The molecule has 0 fully saturated rings. The van der Waals surface area contributed by atoms with Crippen LogP contribution in [0, 0.1) is 28.8 Å². The predicted octanol–water partition coefficient (Wildman–Crippen LogP) is 3.19. The fraction of sp³-hybridized carbons (Fsp3) is 0.136. The molecule has 4 aromatic rings. The second kappa shape index (κ2) is 8.70. The lowest BCUT2D eigenvalue weighted by molar-refractivity contribution is 0.602. The van der Waals surface area contributed by atoms with Crippen LogP contribution in [0.3, 0.4) is 0 Å². The van der Waals surface area contributed by atoms with Crippen LogP contribution < -0.4 is 22.3 Å². The van der Waals surface area contributed by atoms with E-state index in [1.54, 1.807) is 6.92 Å². The topological polar surface area (TPSA) is 149 Å². The van der Waals surface area contributed by atoms with Crippen molar-refractivity contribution < 1.29 is 13.2 Å². The number of nitrogens with zero attached hydrogens (tertiary/aromatic N) is 5. The fourth-order valence-corrected chi connectivity index (χ4v) is 3.56. The van der Waals surface area contributed by atoms with Gasteiger partial charge in [0.15, 0.2) is 5.82 Å². The molecule has 12 heteroatoms. The molecule has 34 heavy (non-hydrogen) atoms. The minimum absolute atomic E-state index is 0.0422. The van der Waals surface area contributed by atoms with E-state index in [0.717, 1.165) is 22.8 Å². The molecule has 1 atom stereocenters. The van der Waals surface area contributed by atoms with Crippen LogP contribution in [0.15, 0.2) is 41.2 Å². The van der Waals surface area contributed by atoms with Crippen LogP contribution in [0.4, 0.5) is 30.8 Å². The van der Waals surface area contributed by atoms with Crippen molar-refractivity contribution in [3.63, 3.8) is 0 Å². The summed E-state index contributed by atoms with van der Waals surface area (Å²) in [5.41, 5.74) is 9.93. The first kappa shape index (κ1) is 22.5. The lowest BCUT2D eigenvalue weighted by Crippen LogP contribution is -2.29. The quantitative estimate of drug-likeness (QED) is 0.406. The van der Waals surface area contributed by atoms with Gasteiger partial charge in [-0.3, -0.25) is 9.36 Å². The summed E-state index contributed by atoms with van der Waals surface area (Å²) in [4.78, 5) is 25.4. The Morgan fingerprint density at radius 2 is 1.85 bits per heavy atom. The van der Waals surface area contributed by atoms with E-state index in [4.69, 9.17) is 11.5 Å². The minimum atomic E-state index is -0.977. The average molecular weight is 466 g/mol. The molecule has 0 amide bonds. The predicted molar refractivity (Wildman–Crippen MR) is 119 cm³/mol. The molecule has 0 unspecified atom stereocenters. The van der Waals surface area contributed by atoms with E-state index >= 15 is 0 Å². The normalized spacial score (nSPS) is 11.9. The van der Waals surface area contributed by atoms with Gasteiger partial charge in [-0.1, -0.05) is 13.0 Å². The molecular formula is C22H17F3N8O. The summed E-state index contributed by atoms with van der Waals surface area (Å²) >= 11 is 0. The largest absolute Gasteiger partial charge is 0.382 e. The number of rotatable bonds is 5. The average Bonchev–Trinajstić information content (AvgIpc) is 2.79. The third-order valence-electron chi connectivity index (χ3n) is 5.11. The molecule has 2 aromatic carbocycles. The summed E-state index contributed by atoms with van der Waals surface area (Å²) in [5, 5.41) is 11.8. The Morgan fingerprint density at radius 1 is 1.12 bits per heavy atom. The number of anilines is 3. The molecule has 0 aliphatic rings. The molecule has 0 aliphatic heterocycles. The number of aromatic nitrogens is 4. The van der Waals surface area contributed by atoms with E-state index in [1.807, 2.05) is 6.07 Å². The van der Waals surface area contributed by atoms with Gasteiger partial charge in [-0.05, 0) is 36.8 Å². The van der Waals surface area contributed by atoms with Crippen molar-refractivity contribution in [2.24, 2.45) is 0 Å². The van der Waals surface area contributed by atoms with Crippen molar-refractivity contribution in [2.45, 2.75) is 19.4 Å². The molecule has 0 aliphatic carbocycles.